The van der Waals surface area contributed by atoms with E-state index in [2.05, 4.69) is 4.98 Å². The van der Waals surface area contributed by atoms with Crippen molar-refractivity contribution < 1.29 is 14.3 Å². The molecule has 1 unspecified atom stereocenters. The summed E-state index contributed by atoms with van der Waals surface area (Å²) >= 11 is 0. The van der Waals surface area contributed by atoms with Crippen molar-refractivity contribution in [1.29, 1.82) is 0 Å². The van der Waals surface area contributed by atoms with Crippen molar-refractivity contribution in [1.82, 2.24) is 4.98 Å². The van der Waals surface area contributed by atoms with Gasteiger partial charge in [0.15, 0.2) is 6.10 Å². The Morgan fingerprint density at radius 2 is 2.00 bits per heavy atom. The first-order valence-electron chi connectivity index (χ1n) is 5.94. The van der Waals surface area contributed by atoms with Gasteiger partial charge in [-0.1, -0.05) is 36.4 Å². The number of ether oxygens (including phenoxy) is 2. The highest BCUT2D eigenvalue weighted by Crippen LogP contribution is 2.20. The van der Waals surface area contributed by atoms with Crippen molar-refractivity contribution in [2.45, 2.75) is 12.7 Å². The molecule has 0 saturated carbocycles. The fourth-order valence-corrected chi connectivity index (χ4v) is 1.70. The summed E-state index contributed by atoms with van der Waals surface area (Å²) in [5.74, 6) is -0.407. The Kier molecular flexibility index (Phi) is 4.64. The van der Waals surface area contributed by atoms with Crippen molar-refractivity contribution in [2.75, 3.05) is 7.11 Å². The average molecular weight is 257 g/mol. The van der Waals surface area contributed by atoms with E-state index in [-0.39, 0.29) is 0 Å². The van der Waals surface area contributed by atoms with Gasteiger partial charge >= 0.3 is 5.97 Å². The number of nitrogens with zero attached hydrogens (tertiary/aromatic N) is 1. The molecule has 0 saturated heterocycles. The van der Waals surface area contributed by atoms with Crippen molar-refractivity contribution in [3.05, 3.63) is 66.0 Å². The molecule has 2 rings (SSSR count). The second-order valence-corrected chi connectivity index (χ2v) is 3.99. The number of methoxy groups -OCH3 is 1. The summed E-state index contributed by atoms with van der Waals surface area (Å²) in [6.45, 7) is 0.308. The minimum Gasteiger partial charge on any atom is -0.467 e. The van der Waals surface area contributed by atoms with E-state index in [1.807, 2.05) is 42.5 Å². The van der Waals surface area contributed by atoms with Gasteiger partial charge in [-0.15, -0.1) is 0 Å². The standard InChI is InChI=1S/C15H15NO3/c1-18-15(17)14(13-7-3-2-4-8-13)19-11-12-6-5-9-16-10-12/h2-10,14H,11H2,1H3. The minimum absolute atomic E-state index is 0.308. The smallest absolute Gasteiger partial charge is 0.339 e. The fourth-order valence-electron chi connectivity index (χ4n) is 1.70. The number of carbonyl (C=O) groups is 1. The van der Waals surface area contributed by atoms with E-state index in [1.165, 1.54) is 7.11 Å². The molecule has 0 radical (unpaired) electrons. The molecule has 0 spiro atoms. The molecule has 2 aromatic rings. The summed E-state index contributed by atoms with van der Waals surface area (Å²) in [7, 11) is 1.35. The quantitative estimate of drug-likeness (QED) is 0.772. The number of pyridine rings is 1. The topological polar surface area (TPSA) is 48.4 Å². The zero-order chi connectivity index (χ0) is 13.5. The summed E-state index contributed by atoms with van der Waals surface area (Å²) in [6.07, 6.45) is 2.68. The number of benzene rings is 1. The fraction of sp³-hybridized carbons (Fsp3) is 0.200. The molecule has 4 heteroatoms. The highest BCUT2D eigenvalue weighted by molar-refractivity contribution is 5.76. The van der Waals surface area contributed by atoms with Gasteiger partial charge < -0.3 is 9.47 Å². The molecule has 0 aliphatic rings. The van der Waals surface area contributed by atoms with Crippen LogP contribution in [0.5, 0.6) is 0 Å². The van der Waals surface area contributed by atoms with Gasteiger partial charge in [0.2, 0.25) is 0 Å². The number of carbonyl (C=O) groups excluding carboxylic acids is 1. The van der Waals surface area contributed by atoms with E-state index in [0.717, 1.165) is 11.1 Å². The van der Waals surface area contributed by atoms with Crippen LogP contribution < -0.4 is 0 Å². The lowest BCUT2D eigenvalue weighted by atomic mass is 10.1. The van der Waals surface area contributed by atoms with Gasteiger partial charge in [0.25, 0.3) is 0 Å². The molecule has 1 atom stereocenters. The Morgan fingerprint density at radius 3 is 2.63 bits per heavy atom. The second-order valence-electron chi connectivity index (χ2n) is 3.99. The van der Waals surface area contributed by atoms with Crippen LogP contribution in [0.4, 0.5) is 0 Å². The predicted molar refractivity (Wildman–Crippen MR) is 70.2 cm³/mol. The van der Waals surface area contributed by atoms with Crippen LogP contribution in [-0.2, 0) is 20.9 Å². The number of rotatable bonds is 5. The number of aromatic nitrogens is 1. The molecule has 0 aliphatic carbocycles. The van der Waals surface area contributed by atoms with Crippen LogP contribution in [0.3, 0.4) is 0 Å². The lowest BCUT2D eigenvalue weighted by Crippen LogP contribution is -2.17. The Bertz CT molecular complexity index is 513. The zero-order valence-corrected chi connectivity index (χ0v) is 10.7. The molecule has 19 heavy (non-hydrogen) atoms. The van der Waals surface area contributed by atoms with Crippen LogP contribution in [0, 0.1) is 0 Å². The molecule has 98 valence electrons. The highest BCUT2D eigenvalue weighted by Gasteiger charge is 2.21. The van der Waals surface area contributed by atoms with Crippen molar-refractivity contribution in [3.8, 4) is 0 Å². The lowest BCUT2D eigenvalue weighted by molar-refractivity contribution is -0.155. The SMILES string of the molecule is COC(=O)C(OCc1cccnc1)c1ccccc1. The monoisotopic (exact) mass is 257 g/mol. The molecule has 0 amide bonds. The normalized spacial score (nSPS) is 11.8. The van der Waals surface area contributed by atoms with Crippen molar-refractivity contribution in [2.24, 2.45) is 0 Å². The molecular formula is C15H15NO3. The van der Waals surface area contributed by atoms with E-state index < -0.39 is 12.1 Å². The Labute approximate surface area is 112 Å². The molecule has 1 aromatic carbocycles. The number of hydrogen-bond donors (Lipinski definition) is 0. The van der Waals surface area contributed by atoms with E-state index in [4.69, 9.17) is 9.47 Å². The van der Waals surface area contributed by atoms with Gasteiger partial charge in [-0.05, 0) is 17.2 Å². The first-order chi connectivity index (χ1) is 9.31. The third-order valence-electron chi connectivity index (χ3n) is 2.66. The third kappa shape index (κ3) is 3.63. The molecule has 1 heterocycles. The van der Waals surface area contributed by atoms with E-state index in [9.17, 15) is 4.79 Å². The van der Waals surface area contributed by atoms with E-state index in [1.54, 1.807) is 12.4 Å². The third-order valence-corrected chi connectivity index (χ3v) is 2.66. The van der Waals surface area contributed by atoms with E-state index in [0.29, 0.717) is 6.61 Å². The second kappa shape index (κ2) is 6.66. The molecule has 0 aliphatic heterocycles. The summed E-state index contributed by atoms with van der Waals surface area (Å²) in [4.78, 5) is 15.8. The van der Waals surface area contributed by atoms with Crippen LogP contribution in [0.2, 0.25) is 0 Å². The first-order valence-corrected chi connectivity index (χ1v) is 5.94. The average Bonchev–Trinajstić information content (AvgIpc) is 2.49. The lowest BCUT2D eigenvalue weighted by Gasteiger charge is -2.15. The van der Waals surface area contributed by atoms with Crippen molar-refractivity contribution >= 4 is 5.97 Å². The van der Waals surface area contributed by atoms with Crippen LogP contribution in [0.25, 0.3) is 0 Å². The first kappa shape index (κ1) is 13.2. The maximum absolute atomic E-state index is 11.8. The predicted octanol–water partition coefficient (Wildman–Crippen LogP) is 2.51. The Morgan fingerprint density at radius 1 is 1.21 bits per heavy atom. The number of esters is 1. The molecule has 4 nitrogen and oxygen atoms in total. The number of hydrogen-bond acceptors (Lipinski definition) is 4. The van der Waals surface area contributed by atoms with Gasteiger partial charge in [-0.3, -0.25) is 4.98 Å². The molecular weight excluding hydrogens is 242 g/mol. The van der Waals surface area contributed by atoms with Crippen LogP contribution in [-0.4, -0.2) is 18.1 Å². The van der Waals surface area contributed by atoms with Gasteiger partial charge in [-0.2, -0.15) is 0 Å². The Hall–Kier alpha value is -2.20. The van der Waals surface area contributed by atoms with E-state index >= 15 is 0 Å². The molecule has 1 aromatic heterocycles. The largest absolute Gasteiger partial charge is 0.467 e. The summed E-state index contributed by atoms with van der Waals surface area (Å²) < 4.78 is 10.4. The van der Waals surface area contributed by atoms with Gasteiger partial charge in [0, 0.05) is 12.4 Å². The van der Waals surface area contributed by atoms with Crippen LogP contribution in [0.15, 0.2) is 54.9 Å². The summed E-state index contributed by atoms with van der Waals surface area (Å²) in [5.41, 5.74) is 1.69. The highest BCUT2D eigenvalue weighted by atomic mass is 16.6. The van der Waals surface area contributed by atoms with Crippen LogP contribution in [0.1, 0.15) is 17.2 Å². The maximum atomic E-state index is 11.8. The zero-order valence-electron chi connectivity index (χ0n) is 10.7. The van der Waals surface area contributed by atoms with Gasteiger partial charge in [0.05, 0.1) is 13.7 Å². The minimum atomic E-state index is -0.716. The summed E-state index contributed by atoms with van der Waals surface area (Å²) in [6, 6.07) is 13.0. The Balaban J connectivity index is 2.09. The molecule has 0 N–H and O–H groups in total. The van der Waals surface area contributed by atoms with Gasteiger partial charge in [0.1, 0.15) is 0 Å². The van der Waals surface area contributed by atoms with Crippen LogP contribution >= 0.6 is 0 Å². The molecule has 0 bridgehead atoms. The summed E-state index contributed by atoms with van der Waals surface area (Å²) in [5, 5.41) is 0. The van der Waals surface area contributed by atoms with Gasteiger partial charge in [-0.25, -0.2) is 4.79 Å². The molecule has 0 fully saturated rings. The van der Waals surface area contributed by atoms with Crippen molar-refractivity contribution in [3.63, 3.8) is 0 Å². The maximum Gasteiger partial charge on any atom is 0.339 e.